The van der Waals surface area contributed by atoms with Crippen molar-refractivity contribution in [3.8, 4) is 11.3 Å². The van der Waals surface area contributed by atoms with Crippen LogP contribution in [0.25, 0.3) is 11.3 Å². The quantitative estimate of drug-likeness (QED) is 0.772. The first kappa shape index (κ1) is 15.6. The summed E-state index contributed by atoms with van der Waals surface area (Å²) < 4.78 is 1.82. The highest BCUT2D eigenvalue weighted by Crippen LogP contribution is 2.27. The van der Waals surface area contributed by atoms with Gasteiger partial charge in [0.2, 0.25) is 0 Å². The van der Waals surface area contributed by atoms with Crippen molar-refractivity contribution in [2.45, 2.75) is 33.1 Å². The molecule has 1 aliphatic rings. The maximum atomic E-state index is 12.5. The highest BCUT2D eigenvalue weighted by Gasteiger charge is 2.18. The van der Waals surface area contributed by atoms with Crippen molar-refractivity contribution in [3.63, 3.8) is 0 Å². The van der Waals surface area contributed by atoms with Crippen molar-refractivity contribution in [3.05, 3.63) is 52.5 Å². The summed E-state index contributed by atoms with van der Waals surface area (Å²) in [5.74, 6) is -0.184. The molecular formula is C19H21N5O. The van der Waals surface area contributed by atoms with Crippen LogP contribution < -0.4 is 5.32 Å². The van der Waals surface area contributed by atoms with Crippen LogP contribution in [-0.4, -0.2) is 25.9 Å². The van der Waals surface area contributed by atoms with Gasteiger partial charge in [0.15, 0.2) is 0 Å². The number of hydrogen-bond acceptors (Lipinski definition) is 3. The number of hydrogen-bond donors (Lipinski definition) is 2. The van der Waals surface area contributed by atoms with Crippen molar-refractivity contribution in [1.82, 2.24) is 20.0 Å². The van der Waals surface area contributed by atoms with Gasteiger partial charge in [0.25, 0.3) is 5.91 Å². The van der Waals surface area contributed by atoms with E-state index in [1.807, 2.05) is 31.6 Å². The first-order valence-electron chi connectivity index (χ1n) is 8.52. The Hall–Kier alpha value is -2.89. The van der Waals surface area contributed by atoms with Crippen molar-refractivity contribution in [2.75, 3.05) is 5.32 Å². The molecule has 0 saturated heterocycles. The van der Waals surface area contributed by atoms with Crippen LogP contribution in [0.15, 0.2) is 24.3 Å². The summed E-state index contributed by atoms with van der Waals surface area (Å²) in [6.07, 6.45) is 3.42. The van der Waals surface area contributed by atoms with Gasteiger partial charge in [-0.15, -0.1) is 0 Å². The topological polar surface area (TPSA) is 75.6 Å². The zero-order chi connectivity index (χ0) is 17.6. The van der Waals surface area contributed by atoms with E-state index in [0.29, 0.717) is 5.69 Å². The molecule has 0 saturated carbocycles. The van der Waals surface area contributed by atoms with E-state index in [0.717, 1.165) is 41.2 Å². The molecule has 0 aliphatic heterocycles. The normalized spacial score (nSPS) is 13.1. The summed E-state index contributed by atoms with van der Waals surface area (Å²) in [4.78, 5) is 12.5. The third-order valence-electron chi connectivity index (χ3n) is 4.94. The lowest BCUT2D eigenvalue weighted by Gasteiger charge is -2.06. The van der Waals surface area contributed by atoms with E-state index in [1.165, 1.54) is 17.5 Å². The van der Waals surface area contributed by atoms with Crippen LogP contribution in [-0.2, 0) is 19.9 Å². The molecular weight excluding hydrogens is 314 g/mol. The highest BCUT2D eigenvalue weighted by atomic mass is 16.1. The number of rotatable bonds is 3. The number of fused-ring (bicyclic) bond motifs is 1. The molecule has 0 unspecified atom stereocenters. The number of H-pyrrole nitrogens is 1. The van der Waals surface area contributed by atoms with Crippen molar-refractivity contribution in [1.29, 1.82) is 0 Å². The Morgan fingerprint density at radius 3 is 2.76 bits per heavy atom. The number of carbonyl (C=O) groups is 1. The number of aromatic nitrogens is 4. The molecule has 1 aliphatic carbocycles. The van der Waals surface area contributed by atoms with Gasteiger partial charge in [0.05, 0.1) is 11.4 Å². The fourth-order valence-electron chi connectivity index (χ4n) is 3.56. The molecule has 4 rings (SSSR count). The minimum absolute atomic E-state index is 0.184. The molecule has 2 aromatic heterocycles. The Morgan fingerprint density at radius 1 is 1.20 bits per heavy atom. The summed E-state index contributed by atoms with van der Waals surface area (Å²) in [5.41, 5.74) is 7.63. The van der Waals surface area contributed by atoms with E-state index < -0.39 is 0 Å². The average molecular weight is 335 g/mol. The number of aromatic amines is 1. The van der Waals surface area contributed by atoms with Gasteiger partial charge in [0, 0.05) is 24.0 Å². The molecule has 2 N–H and O–H groups in total. The number of benzene rings is 1. The molecule has 6 heteroatoms. The van der Waals surface area contributed by atoms with Crippen LogP contribution in [0.4, 0.5) is 5.69 Å². The van der Waals surface area contributed by atoms with E-state index in [-0.39, 0.29) is 5.91 Å². The zero-order valence-electron chi connectivity index (χ0n) is 14.7. The van der Waals surface area contributed by atoms with Crippen LogP contribution in [0.3, 0.4) is 0 Å². The SMILES string of the molecule is Cc1nn(C)c(C)c1-c1cc(C(=O)Nc2ccc3c(c2)CCC3)[nH]n1. The smallest absolute Gasteiger partial charge is 0.273 e. The minimum Gasteiger partial charge on any atom is -0.321 e. The number of nitrogens with one attached hydrogen (secondary N) is 2. The van der Waals surface area contributed by atoms with Crippen LogP contribution in [0.1, 0.15) is 39.4 Å². The number of amides is 1. The lowest BCUT2D eigenvalue weighted by atomic mass is 10.1. The van der Waals surface area contributed by atoms with Gasteiger partial charge in [-0.2, -0.15) is 10.2 Å². The molecule has 128 valence electrons. The van der Waals surface area contributed by atoms with Gasteiger partial charge in [-0.1, -0.05) is 6.07 Å². The molecule has 0 atom stereocenters. The summed E-state index contributed by atoms with van der Waals surface area (Å²) in [6.45, 7) is 3.94. The zero-order valence-corrected chi connectivity index (χ0v) is 14.7. The second-order valence-corrected chi connectivity index (χ2v) is 6.63. The lowest BCUT2D eigenvalue weighted by Crippen LogP contribution is -2.12. The van der Waals surface area contributed by atoms with Crippen molar-refractivity contribution < 1.29 is 4.79 Å². The predicted molar refractivity (Wildman–Crippen MR) is 96.7 cm³/mol. The summed E-state index contributed by atoms with van der Waals surface area (Å²) >= 11 is 0. The molecule has 1 aromatic carbocycles. The summed E-state index contributed by atoms with van der Waals surface area (Å²) in [7, 11) is 1.90. The monoisotopic (exact) mass is 335 g/mol. The second kappa shape index (κ2) is 5.88. The molecule has 0 radical (unpaired) electrons. The number of anilines is 1. The largest absolute Gasteiger partial charge is 0.321 e. The predicted octanol–water partition coefficient (Wildman–Crippen LogP) is 3.17. The molecule has 3 aromatic rings. The fraction of sp³-hybridized carbons (Fsp3) is 0.316. The first-order valence-corrected chi connectivity index (χ1v) is 8.52. The summed E-state index contributed by atoms with van der Waals surface area (Å²) in [5, 5.41) is 14.5. The number of carbonyl (C=O) groups excluding carboxylic acids is 1. The Labute approximate surface area is 146 Å². The number of aryl methyl sites for hydroxylation is 4. The maximum Gasteiger partial charge on any atom is 0.273 e. The van der Waals surface area contributed by atoms with E-state index in [2.05, 4.69) is 32.7 Å². The van der Waals surface area contributed by atoms with Crippen molar-refractivity contribution in [2.24, 2.45) is 7.05 Å². The fourth-order valence-corrected chi connectivity index (χ4v) is 3.56. The van der Waals surface area contributed by atoms with Gasteiger partial charge >= 0.3 is 0 Å². The maximum absolute atomic E-state index is 12.5. The van der Waals surface area contributed by atoms with Gasteiger partial charge < -0.3 is 5.32 Å². The molecule has 0 spiro atoms. The first-order chi connectivity index (χ1) is 12.0. The van der Waals surface area contributed by atoms with E-state index in [1.54, 1.807) is 6.07 Å². The Kier molecular flexibility index (Phi) is 3.67. The molecule has 0 bridgehead atoms. The van der Waals surface area contributed by atoms with Gasteiger partial charge in [-0.05, 0) is 62.4 Å². The average Bonchev–Trinajstić information content (AvgIpc) is 3.27. The summed E-state index contributed by atoms with van der Waals surface area (Å²) in [6, 6.07) is 7.93. The second-order valence-electron chi connectivity index (χ2n) is 6.63. The Morgan fingerprint density at radius 2 is 2.00 bits per heavy atom. The molecule has 25 heavy (non-hydrogen) atoms. The Bertz CT molecular complexity index is 966. The van der Waals surface area contributed by atoms with Gasteiger partial charge in [-0.25, -0.2) is 0 Å². The van der Waals surface area contributed by atoms with Gasteiger partial charge in [0.1, 0.15) is 5.69 Å². The Balaban J connectivity index is 1.56. The molecule has 1 amide bonds. The van der Waals surface area contributed by atoms with E-state index in [4.69, 9.17) is 0 Å². The van der Waals surface area contributed by atoms with Crippen LogP contribution in [0.5, 0.6) is 0 Å². The van der Waals surface area contributed by atoms with Crippen LogP contribution in [0, 0.1) is 13.8 Å². The van der Waals surface area contributed by atoms with Crippen molar-refractivity contribution >= 4 is 11.6 Å². The van der Waals surface area contributed by atoms with Crippen LogP contribution in [0.2, 0.25) is 0 Å². The minimum atomic E-state index is -0.184. The third-order valence-corrected chi connectivity index (χ3v) is 4.94. The molecule has 6 nitrogen and oxygen atoms in total. The lowest BCUT2D eigenvalue weighted by molar-refractivity contribution is 0.102. The highest BCUT2D eigenvalue weighted by molar-refractivity contribution is 6.03. The third kappa shape index (κ3) is 2.73. The van der Waals surface area contributed by atoms with E-state index >= 15 is 0 Å². The number of nitrogens with zero attached hydrogens (tertiary/aromatic N) is 3. The molecule has 2 heterocycles. The van der Waals surface area contributed by atoms with E-state index in [9.17, 15) is 4.79 Å². The van der Waals surface area contributed by atoms with Gasteiger partial charge in [-0.3, -0.25) is 14.6 Å². The standard InChI is InChI=1S/C19H21N5O/c1-11-18(12(2)24(3)23-11)16-10-17(22-21-16)19(25)20-15-8-7-13-5-4-6-14(13)9-15/h7-10H,4-6H2,1-3H3,(H,20,25)(H,21,22). The molecule has 0 fully saturated rings. The van der Waals surface area contributed by atoms with Crippen LogP contribution >= 0.6 is 0 Å².